The third-order valence-electron chi connectivity index (χ3n) is 1.67. The molecule has 0 radical (unpaired) electrons. The van der Waals surface area contributed by atoms with E-state index in [9.17, 15) is 18.0 Å². The van der Waals surface area contributed by atoms with Gasteiger partial charge in [-0.05, 0) is 0 Å². The fourth-order valence-corrected chi connectivity index (χ4v) is 0.957. The molecule has 1 aromatic rings. The van der Waals surface area contributed by atoms with Gasteiger partial charge in [0.1, 0.15) is 5.82 Å². The summed E-state index contributed by atoms with van der Waals surface area (Å²) >= 11 is 0. The maximum absolute atomic E-state index is 11.9. The first-order chi connectivity index (χ1) is 7.28. The number of nitrogens with zero attached hydrogens (tertiary/aromatic N) is 1. The van der Waals surface area contributed by atoms with Crippen LogP contribution in [0.1, 0.15) is 25.6 Å². The molecule has 0 amide bonds. The van der Waals surface area contributed by atoms with Gasteiger partial charge in [0.25, 0.3) is 5.56 Å². The molecule has 0 saturated heterocycles. The van der Waals surface area contributed by atoms with Crippen LogP contribution >= 0.6 is 0 Å². The summed E-state index contributed by atoms with van der Waals surface area (Å²) in [5.41, 5.74) is -0.532. The van der Waals surface area contributed by atoms with Crippen molar-refractivity contribution in [3.63, 3.8) is 0 Å². The van der Waals surface area contributed by atoms with Crippen molar-refractivity contribution in [2.75, 3.05) is 6.61 Å². The van der Waals surface area contributed by atoms with Crippen molar-refractivity contribution in [2.45, 2.75) is 25.9 Å². The van der Waals surface area contributed by atoms with Crippen LogP contribution in [0.5, 0.6) is 5.88 Å². The van der Waals surface area contributed by atoms with Gasteiger partial charge >= 0.3 is 6.18 Å². The number of hydrogen-bond donors (Lipinski definition) is 1. The maximum atomic E-state index is 11.9. The quantitative estimate of drug-likeness (QED) is 0.871. The van der Waals surface area contributed by atoms with Gasteiger partial charge in [-0.25, -0.2) is 0 Å². The molecule has 1 aromatic heterocycles. The van der Waals surface area contributed by atoms with Crippen molar-refractivity contribution in [2.24, 2.45) is 0 Å². The van der Waals surface area contributed by atoms with E-state index in [2.05, 4.69) is 14.7 Å². The van der Waals surface area contributed by atoms with Crippen molar-refractivity contribution in [3.8, 4) is 5.88 Å². The van der Waals surface area contributed by atoms with Crippen molar-refractivity contribution in [1.82, 2.24) is 9.97 Å². The Morgan fingerprint density at radius 2 is 2.12 bits per heavy atom. The number of hydrogen-bond acceptors (Lipinski definition) is 3. The lowest BCUT2D eigenvalue weighted by molar-refractivity contribution is -0.154. The van der Waals surface area contributed by atoms with Crippen LogP contribution in [0.3, 0.4) is 0 Å². The van der Waals surface area contributed by atoms with Crippen molar-refractivity contribution in [3.05, 3.63) is 22.2 Å². The number of halogens is 3. The lowest BCUT2D eigenvalue weighted by atomic mass is 10.2. The third-order valence-corrected chi connectivity index (χ3v) is 1.67. The summed E-state index contributed by atoms with van der Waals surface area (Å²) in [5.74, 6) is -0.114. The number of ether oxygens (including phenoxy) is 1. The summed E-state index contributed by atoms with van der Waals surface area (Å²) in [7, 11) is 0. The zero-order valence-electron chi connectivity index (χ0n) is 8.76. The summed E-state index contributed by atoms with van der Waals surface area (Å²) in [6, 6.07) is 0.887. The molecule has 0 aliphatic heterocycles. The molecule has 0 aliphatic rings. The molecular formula is C9H11F3N2O2. The topological polar surface area (TPSA) is 55.0 Å². The van der Waals surface area contributed by atoms with E-state index in [4.69, 9.17) is 0 Å². The van der Waals surface area contributed by atoms with Crippen LogP contribution in [0.2, 0.25) is 0 Å². The highest BCUT2D eigenvalue weighted by molar-refractivity contribution is 5.10. The molecule has 1 N–H and O–H groups in total. The first-order valence-corrected chi connectivity index (χ1v) is 4.59. The summed E-state index contributed by atoms with van der Waals surface area (Å²) in [6.45, 7) is 2.05. The van der Waals surface area contributed by atoms with Gasteiger partial charge in [-0.15, -0.1) is 0 Å². The molecule has 1 rings (SSSR count). The Labute approximate surface area is 89.5 Å². The second-order valence-electron chi connectivity index (χ2n) is 3.53. The lowest BCUT2D eigenvalue weighted by Crippen LogP contribution is -2.21. The first kappa shape index (κ1) is 12.5. The minimum Gasteiger partial charge on any atom is -0.468 e. The summed E-state index contributed by atoms with van der Waals surface area (Å²) in [6.07, 6.45) is -4.44. The van der Waals surface area contributed by atoms with E-state index in [0.717, 1.165) is 6.07 Å². The van der Waals surface area contributed by atoms with Crippen LogP contribution in [-0.2, 0) is 0 Å². The van der Waals surface area contributed by atoms with E-state index in [-0.39, 0.29) is 11.8 Å². The van der Waals surface area contributed by atoms with Gasteiger partial charge in [0.15, 0.2) is 6.61 Å². The molecular weight excluding hydrogens is 225 g/mol. The summed E-state index contributed by atoms with van der Waals surface area (Å²) in [4.78, 5) is 17.3. The Morgan fingerprint density at radius 1 is 1.50 bits per heavy atom. The van der Waals surface area contributed by atoms with Crippen molar-refractivity contribution < 1.29 is 17.9 Å². The summed E-state index contributed by atoms with van der Waals surface area (Å²) < 4.78 is 40.0. The fraction of sp³-hybridized carbons (Fsp3) is 0.556. The van der Waals surface area contributed by atoms with E-state index in [0.29, 0.717) is 5.82 Å². The number of alkyl halides is 3. The Morgan fingerprint density at radius 3 is 2.62 bits per heavy atom. The third kappa shape index (κ3) is 3.92. The normalized spacial score (nSPS) is 11.9. The molecule has 0 saturated carbocycles. The number of H-pyrrole nitrogens is 1. The van der Waals surface area contributed by atoms with Crippen LogP contribution in [-0.4, -0.2) is 22.8 Å². The highest BCUT2D eigenvalue weighted by Crippen LogP contribution is 2.17. The molecule has 0 atom stereocenters. The number of nitrogens with one attached hydrogen (secondary N) is 1. The Balaban J connectivity index is 2.85. The van der Waals surface area contributed by atoms with E-state index < -0.39 is 18.3 Å². The molecule has 0 aromatic carbocycles. The van der Waals surface area contributed by atoms with Gasteiger partial charge in [-0.2, -0.15) is 18.2 Å². The zero-order chi connectivity index (χ0) is 12.3. The molecule has 0 fully saturated rings. The minimum atomic E-state index is -4.44. The highest BCUT2D eigenvalue weighted by Gasteiger charge is 2.28. The monoisotopic (exact) mass is 236 g/mol. The average Bonchev–Trinajstić information content (AvgIpc) is 2.13. The Bertz CT molecular complexity index is 412. The molecule has 0 spiro atoms. The van der Waals surface area contributed by atoms with E-state index in [1.54, 1.807) is 13.8 Å². The number of aromatic amines is 1. The van der Waals surface area contributed by atoms with Gasteiger partial charge in [-0.1, -0.05) is 13.8 Å². The smallest absolute Gasteiger partial charge is 0.422 e. The minimum absolute atomic E-state index is 0.0952. The Hall–Kier alpha value is -1.53. The highest BCUT2D eigenvalue weighted by atomic mass is 19.4. The van der Waals surface area contributed by atoms with Crippen LogP contribution in [0.25, 0.3) is 0 Å². The van der Waals surface area contributed by atoms with Crippen molar-refractivity contribution in [1.29, 1.82) is 0 Å². The standard InChI is InChI=1S/C9H11F3N2O2/c1-5(2)8-13-6(15)3-7(14-8)16-4-9(10,11)12/h3,5H,4H2,1-2H3,(H,13,14,15). The molecule has 7 heteroatoms. The lowest BCUT2D eigenvalue weighted by Gasteiger charge is -2.10. The number of aromatic nitrogens is 2. The predicted molar refractivity (Wildman–Crippen MR) is 50.5 cm³/mol. The second-order valence-corrected chi connectivity index (χ2v) is 3.53. The zero-order valence-corrected chi connectivity index (χ0v) is 8.76. The molecule has 4 nitrogen and oxygen atoms in total. The van der Waals surface area contributed by atoms with Crippen LogP contribution in [0.4, 0.5) is 13.2 Å². The van der Waals surface area contributed by atoms with Gasteiger partial charge in [0, 0.05) is 5.92 Å². The first-order valence-electron chi connectivity index (χ1n) is 4.59. The Kier molecular flexibility index (Phi) is 3.56. The van der Waals surface area contributed by atoms with Gasteiger partial charge in [0.05, 0.1) is 6.07 Å². The van der Waals surface area contributed by atoms with E-state index in [1.165, 1.54) is 0 Å². The van der Waals surface area contributed by atoms with Crippen LogP contribution in [0.15, 0.2) is 10.9 Å². The van der Waals surface area contributed by atoms with E-state index >= 15 is 0 Å². The largest absolute Gasteiger partial charge is 0.468 e. The van der Waals surface area contributed by atoms with Crippen molar-refractivity contribution >= 4 is 0 Å². The molecule has 0 unspecified atom stereocenters. The molecule has 0 aliphatic carbocycles. The predicted octanol–water partition coefficient (Wildman–Crippen LogP) is 1.83. The van der Waals surface area contributed by atoms with Gasteiger partial charge < -0.3 is 9.72 Å². The van der Waals surface area contributed by atoms with Gasteiger partial charge in [-0.3, -0.25) is 4.79 Å². The SMILES string of the molecule is CC(C)c1nc(OCC(F)(F)F)cc(=O)[nH]1. The fourth-order valence-electron chi connectivity index (χ4n) is 0.957. The average molecular weight is 236 g/mol. The van der Waals surface area contributed by atoms with Gasteiger partial charge in [0.2, 0.25) is 5.88 Å². The van der Waals surface area contributed by atoms with E-state index in [1.807, 2.05) is 0 Å². The second kappa shape index (κ2) is 4.54. The maximum Gasteiger partial charge on any atom is 0.422 e. The number of rotatable bonds is 3. The molecule has 90 valence electrons. The molecule has 0 bridgehead atoms. The van der Waals surface area contributed by atoms with Crippen LogP contribution < -0.4 is 10.3 Å². The molecule has 1 heterocycles. The molecule has 16 heavy (non-hydrogen) atoms. The van der Waals surface area contributed by atoms with Crippen LogP contribution in [0, 0.1) is 0 Å². The summed E-state index contributed by atoms with van der Waals surface area (Å²) in [5, 5.41) is 0.